The summed E-state index contributed by atoms with van der Waals surface area (Å²) in [7, 11) is 0. The van der Waals surface area contributed by atoms with Crippen LogP contribution in [0.15, 0.2) is 16.8 Å². The zero-order chi connectivity index (χ0) is 16.4. The first kappa shape index (κ1) is 15.6. The van der Waals surface area contributed by atoms with E-state index in [0.717, 1.165) is 55.5 Å². The molecular formula is C19H20N2O2S. The number of thiophene rings is 1. The molecular weight excluding hydrogens is 320 g/mol. The van der Waals surface area contributed by atoms with Gasteiger partial charge in [-0.15, -0.1) is 0 Å². The molecule has 0 aromatic carbocycles. The highest BCUT2D eigenvalue weighted by molar-refractivity contribution is 7.08. The van der Waals surface area contributed by atoms with Crippen LogP contribution in [0.5, 0.6) is 5.88 Å². The van der Waals surface area contributed by atoms with Crippen molar-refractivity contribution in [3.8, 4) is 23.1 Å². The van der Waals surface area contributed by atoms with Gasteiger partial charge in [0.15, 0.2) is 0 Å². The molecule has 0 bridgehead atoms. The maximum Gasteiger partial charge on any atom is 0.232 e. The van der Waals surface area contributed by atoms with Crippen molar-refractivity contribution in [1.29, 1.82) is 5.26 Å². The smallest absolute Gasteiger partial charge is 0.232 e. The number of hydrogen-bond acceptors (Lipinski definition) is 5. The van der Waals surface area contributed by atoms with E-state index in [0.29, 0.717) is 18.1 Å². The first-order valence-corrected chi connectivity index (χ1v) is 9.54. The second-order valence-corrected chi connectivity index (χ2v) is 7.16. The van der Waals surface area contributed by atoms with Crippen LogP contribution in [0.2, 0.25) is 0 Å². The predicted octanol–water partition coefficient (Wildman–Crippen LogP) is 4.12. The van der Waals surface area contributed by atoms with Gasteiger partial charge in [0, 0.05) is 17.7 Å². The molecule has 2 aromatic heterocycles. The second kappa shape index (κ2) is 6.92. The average molecular weight is 340 g/mol. The molecule has 4 nitrogen and oxygen atoms in total. The third-order valence-electron chi connectivity index (χ3n) is 4.78. The van der Waals surface area contributed by atoms with Crippen LogP contribution in [0.3, 0.4) is 0 Å². The minimum Gasteiger partial charge on any atom is -0.471 e. The molecule has 0 saturated carbocycles. The fraction of sp³-hybridized carbons (Fsp3) is 0.474. The molecule has 0 amide bonds. The molecule has 0 spiro atoms. The number of hydrogen-bond donors (Lipinski definition) is 0. The molecule has 0 radical (unpaired) electrons. The largest absolute Gasteiger partial charge is 0.471 e. The summed E-state index contributed by atoms with van der Waals surface area (Å²) in [6.07, 6.45) is 6.36. The van der Waals surface area contributed by atoms with E-state index in [1.807, 2.05) is 0 Å². The third kappa shape index (κ3) is 2.92. The van der Waals surface area contributed by atoms with E-state index in [4.69, 9.17) is 14.5 Å². The van der Waals surface area contributed by atoms with Crippen molar-refractivity contribution in [2.75, 3.05) is 13.2 Å². The van der Waals surface area contributed by atoms with E-state index in [-0.39, 0.29) is 6.10 Å². The summed E-state index contributed by atoms with van der Waals surface area (Å²) < 4.78 is 11.5. The molecule has 24 heavy (non-hydrogen) atoms. The topological polar surface area (TPSA) is 55.1 Å². The first-order chi connectivity index (χ1) is 11.9. The number of ether oxygens (including phenoxy) is 2. The number of rotatable bonds is 3. The summed E-state index contributed by atoms with van der Waals surface area (Å²) in [4.78, 5) is 4.78. The van der Waals surface area contributed by atoms with E-state index in [2.05, 4.69) is 22.9 Å². The van der Waals surface area contributed by atoms with Gasteiger partial charge in [-0.25, -0.2) is 4.98 Å². The highest BCUT2D eigenvalue weighted by Crippen LogP contribution is 2.38. The number of aromatic nitrogens is 1. The van der Waals surface area contributed by atoms with E-state index in [1.54, 1.807) is 11.3 Å². The maximum absolute atomic E-state index is 9.85. The summed E-state index contributed by atoms with van der Waals surface area (Å²) in [5.41, 5.74) is 5.10. The van der Waals surface area contributed by atoms with Crippen molar-refractivity contribution in [2.45, 2.75) is 44.6 Å². The van der Waals surface area contributed by atoms with Gasteiger partial charge in [-0.2, -0.15) is 16.6 Å². The van der Waals surface area contributed by atoms with Crippen LogP contribution in [-0.4, -0.2) is 24.3 Å². The number of pyridine rings is 1. The van der Waals surface area contributed by atoms with Crippen molar-refractivity contribution in [1.82, 2.24) is 4.98 Å². The summed E-state index contributed by atoms with van der Waals surface area (Å²) in [6, 6.07) is 4.47. The number of fused-ring (bicyclic) bond motifs is 1. The van der Waals surface area contributed by atoms with Crippen LogP contribution in [0, 0.1) is 11.3 Å². The monoisotopic (exact) mass is 340 g/mol. The fourth-order valence-corrected chi connectivity index (χ4v) is 4.22. The Morgan fingerprint density at radius 3 is 2.96 bits per heavy atom. The molecule has 1 saturated heterocycles. The van der Waals surface area contributed by atoms with Crippen molar-refractivity contribution in [3.63, 3.8) is 0 Å². The van der Waals surface area contributed by atoms with Gasteiger partial charge in [0.25, 0.3) is 0 Å². The molecule has 2 aromatic rings. The van der Waals surface area contributed by atoms with Gasteiger partial charge < -0.3 is 9.47 Å². The Balaban J connectivity index is 1.86. The van der Waals surface area contributed by atoms with E-state index in [9.17, 15) is 5.26 Å². The standard InChI is InChI=1S/C19H20N2O2S/c20-10-16-18(13-7-9-24-12-13)15-4-2-1-3-5-17(15)21-19(16)23-14-6-8-22-11-14/h7,9,12,14H,1-6,8,11H2/t14-/m0/s1. The normalized spacial score (nSPS) is 20.2. The molecule has 0 N–H and O–H groups in total. The highest BCUT2D eigenvalue weighted by atomic mass is 32.1. The lowest BCUT2D eigenvalue weighted by Crippen LogP contribution is -2.18. The Labute approximate surface area is 146 Å². The van der Waals surface area contributed by atoms with E-state index < -0.39 is 0 Å². The fourth-order valence-electron chi connectivity index (χ4n) is 3.57. The van der Waals surface area contributed by atoms with Crippen molar-refractivity contribution in [3.05, 3.63) is 33.6 Å². The Bertz CT molecular complexity index is 759. The average Bonchev–Trinajstić information content (AvgIpc) is 3.25. The number of nitriles is 1. The summed E-state index contributed by atoms with van der Waals surface area (Å²) in [5, 5.41) is 14.0. The molecule has 124 valence electrons. The first-order valence-electron chi connectivity index (χ1n) is 8.59. The van der Waals surface area contributed by atoms with E-state index in [1.165, 1.54) is 12.0 Å². The molecule has 3 heterocycles. The quantitative estimate of drug-likeness (QED) is 0.789. The number of aryl methyl sites for hydroxylation is 1. The van der Waals surface area contributed by atoms with Gasteiger partial charge in [-0.05, 0) is 53.6 Å². The minimum absolute atomic E-state index is 0.00347. The van der Waals surface area contributed by atoms with Crippen LogP contribution in [0.1, 0.15) is 42.5 Å². The Morgan fingerprint density at radius 2 is 2.21 bits per heavy atom. The Kier molecular flexibility index (Phi) is 4.50. The van der Waals surface area contributed by atoms with Crippen LogP contribution in [0.25, 0.3) is 11.1 Å². The molecule has 2 aliphatic rings. The molecule has 1 fully saturated rings. The Hall–Kier alpha value is -1.90. The highest BCUT2D eigenvalue weighted by Gasteiger charge is 2.26. The lowest BCUT2D eigenvalue weighted by Gasteiger charge is -2.19. The summed E-state index contributed by atoms with van der Waals surface area (Å²) in [6.45, 7) is 1.30. The summed E-state index contributed by atoms with van der Waals surface area (Å²) >= 11 is 1.66. The van der Waals surface area contributed by atoms with Crippen LogP contribution >= 0.6 is 11.3 Å². The molecule has 1 aliphatic carbocycles. The molecule has 1 aliphatic heterocycles. The van der Waals surface area contributed by atoms with Crippen LogP contribution in [0.4, 0.5) is 0 Å². The second-order valence-electron chi connectivity index (χ2n) is 6.38. The minimum atomic E-state index is 0.00347. The maximum atomic E-state index is 9.85. The Morgan fingerprint density at radius 1 is 1.29 bits per heavy atom. The van der Waals surface area contributed by atoms with Crippen LogP contribution in [-0.2, 0) is 17.6 Å². The van der Waals surface area contributed by atoms with Gasteiger partial charge >= 0.3 is 0 Å². The molecule has 4 rings (SSSR count). The van der Waals surface area contributed by atoms with Gasteiger partial charge in [0.1, 0.15) is 17.7 Å². The number of nitrogens with zero attached hydrogens (tertiary/aromatic N) is 2. The predicted molar refractivity (Wildman–Crippen MR) is 93.4 cm³/mol. The molecule has 0 unspecified atom stereocenters. The van der Waals surface area contributed by atoms with Gasteiger partial charge in [-0.1, -0.05) is 6.42 Å². The lowest BCUT2D eigenvalue weighted by molar-refractivity contribution is 0.137. The van der Waals surface area contributed by atoms with Crippen LogP contribution < -0.4 is 4.74 Å². The zero-order valence-corrected chi connectivity index (χ0v) is 14.4. The van der Waals surface area contributed by atoms with Crippen molar-refractivity contribution < 1.29 is 9.47 Å². The van der Waals surface area contributed by atoms with Gasteiger partial charge in [0.05, 0.1) is 13.2 Å². The van der Waals surface area contributed by atoms with Gasteiger partial charge in [-0.3, -0.25) is 0 Å². The van der Waals surface area contributed by atoms with Gasteiger partial charge in [0.2, 0.25) is 5.88 Å². The molecule has 1 atom stereocenters. The molecule has 5 heteroatoms. The third-order valence-corrected chi connectivity index (χ3v) is 5.46. The summed E-state index contributed by atoms with van der Waals surface area (Å²) in [5.74, 6) is 0.495. The lowest BCUT2D eigenvalue weighted by atomic mass is 9.93. The SMILES string of the molecule is N#Cc1c(O[C@H]2CCOC2)nc2c(c1-c1ccsc1)CCCCC2. The van der Waals surface area contributed by atoms with Crippen molar-refractivity contribution in [2.24, 2.45) is 0 Å². The van der Waals surface area contributed by atoms with E-state index >= 15 is 0 Å². The van der Waals surface area contributed by atoms with Crippen molar-refractivity contribution >= 4 is 11.3 Å². The zero-order valence-electron chi connectivity index (χ0n) is 13.6.